The van der Waals surface area contributed by atoms with E-state index in [0.717, 1.165) is 5.56 Å². The molecule has 0 aliphatic heterocycles. The van der Waals surface area contributed by atoms with Crippen LogP contribution in [0.1, 0.15) is 27.0 Å². The molecule has 2 heteroatoms. The van der Waals surface area contributed by atoms with Gasteiger partial charge in [-0.3, -0.25) is 4.79 Å². The van der Waals surface area contributed by atoms with Crippen LogP contribution < -0.4 is 0 Å². The van der Waals surface area contributed by atoms with Crippen LogP contribution in [0.15, 0.2) is 42.5 Å². The lowest BCUT2D eigenvalue weighted by molar-refractivity contribution is 0.103. The third-order valence-corrected chi connectivity index (χ3v) is 2.70. The van der Waals surface area contributed by atoms with E-state index >= 15 is 0 Å². The molecular weight excluding hydrogens is 215 g/mol. The third kappa shape index (κ3) is 2.41. The predicted octanol–water partition coefficient (Wildman–Crippen LogP) is 3.67. The minimum atomic E-state index is -0.286. The van der Waals surface area contributed by atoms with Gasteiger partial charge < -0.3 is 0 Å². The number of halogens is 1. The lowest BCUT2D eigenvalue weighted by Crippen LogP contribution is -2.02. The first-order valence-corrected chi connectivity index (χ1v) is 5.45. The van der Waals surface area contributed by atoms with Gasteiger partial charge in [0.2, 0.25) is 0 Å². The van der Waals surface area contributed by atoms with Crippen molar-refractivity contribution in [1.29, 1.82) is 0 Å². The fraction of sp³-hybridized carbons (Fsp3) is 0.133. The summed E-state index contributed by atoms with van der Waals surface area (Å²) < 4.78 is 13.1. The number of benzene rings is 2. The molecular formula is C15H13FO. The molecule has 0 aliphatic rings. The van der Waals surface area contributed by atoms with E-state index in [1.165, 1.54) is 12.1 Å². The molecule has 0 aliphatic carbocycles. The second-order valence-electron chi connectivity index (χ2n) is 4.16. The van der Waals surface area contributed by atoms with Gasteiger partial charge in [-0.2, -0.15) is 0 Å². The Labute approximate surface area is 99.9 Å². The Balaban J connectivity index is 2.40. The topological polar surface area (TPSA) is 17.1 Å². The van der Waals surface area contributed by atoms with E-state index < -0.39 is 0 Å². The molecule has 0 fully saturated rings. The summed E-state index contributed by atoms with van der Waals surface area (Å²) in [6, 6.07) is 11.8. The maximum Gasteiger partial charge on any atom is 0.193 e. The summed E-state index contributed by atoms with van der Waals surface area (Å²) in [4.78, 5) is 12.1. The zero-order chi connectivity index (χ0) is 12.4. The van der Waals surface area contributed by atoms with Crippen LogP contribution in [0.25, 0.3) is 0 Å². The van der Waals surface area contributed by atoms with Crippen molar-refractivity contribution in [3.05, 3.63) is 70.5 Å². The SMILES string of the molecule is Cc1cccc(C(=O)c2ccc(F)c(C)c2)c1. The highest BCUT2D eigenvalue weighted by Crippen LogP contribution is 2.14. The van der Waals surface area contributed by atoms with Crippen molar-refractivity contribution >= 4 is 5.78 Å². The van der Waals surface area contributed by atoms with Gasteiger partial charge in [0.05, 0.1) is 0 Å². The predicted molar refractivity (Wildman–Crippen MR) is 65.7 cm³/mol. The van der Waals surface area contributed by atoms with Crippen LogP contribution in [0, 0.1) is 19.7 Å². The van der Waals surface area contributed by atoms with E-state index in [1.807, 2.05) is 25.1 Å². The summed E-state index contributed by atoms with van der Waals surface area (Å²) in [6.45, 7) is 3.59. The summed E-state index contributed by atoms with van der Waals surface area (Å²) in [5.74, 6) is -0.359. The zero-order valence-electron chi connectivity index (χ0n) is 9.83. The molecule has 0 unspecified atom stereocenters. The van der Waals surface area contributed by atoms with Crippen molar-refractivity contribution in [2.75, 3.05) is 0 Å². The molecule has 0 spiro atoms. The van der Waals surface area contributed by atoms with E-state index in [4.69, 9.17) is 0 Å². The molecule has 0 radical (unpaired) electrons. The number of hydrogen-bond acceptors (Lipinski definition) is 1. The molecule has 2 rings (SSSR count). The normalized spacial score (nSPS) is 10.3. The molecule has 2 aromatic carbocycles. The fourth-order valence-corrected chi connectivity index (χ4v) is 1.74. The summed E-state index contributed by atoms with van der Waals surface area (Å²) in [6.07, 6.45) is 0. The first-order chi connectivity index (χ1) is 8.08. The summed E-state index contributed by atoms with van der Waals surface area (Å²) in [5.41, 5.74) is 2.68. The Morgan fingerprint density at radius 1 is 1.00 bits per heavy atom. The molecule has 1 nitrogen and oxygen atoms in total. The lowest BCUT2D eigenvalue weighted by atomic mass is 10.0. The third-order valence-electron chi connectivity index (χ3n) is 2.70. The summed E-state index contributed by atoms with van der Waals surface area (Å²) in [7, 11) is 0. The molecule has 0 bridgehead atoms. The van der Waals surface area contributed by atoms with Crippen LogP contribution in [0.5, 0.6) is 0 Å². The molecule has 0 amide bonds. The molecule has 0 atom stereocenters. The van der Waals surface area contributed by atoms with E-state index in [-0.39, 0.29) is 11.6 Å². The molecule has 0 aromatic heterocycles. The number of hydrogen-bond donors (Lipinski definition) is 0. The van der Waals surface area contributed by atoms with Crippen molar-refractivity contribution in [3.63, 3.8) is 0 Å². The standard InChI is InChI=1S/C15H13FO/c1-10-4-3-5-12(8-10)15(17)13-6-7-14(16)11(2)9-13/h3-9H,1-2H3. The van der Waals surface area contributed by atoms with Crippen LogP contribution in [-0.4, -0.2) is 5.78 Å². The first kappa shape index (κ1) is 11.5. The van der Waals surface area contributed by atoms with Crippen molar-refractivity contribution in [2.45, 2.75) is 13.8 Å². The van der Waals surface area contributed by atoms with Crippen LogP contribution in [0.2, 0.25) is 0 Å². The van der Waals surface area contributed by atoms with Gasteiger partial charge in [0.25, 0.3) is 0 Å². The Kier molecular flexibility index (Phi) is 3.05. The van der Waals surface area contributed by atoms with Crippen LogP contribution in [0.3, 0.4) is 0 Å². The number of aryl methyl sites for hydroxylation is 2. The second-order valence-corrected chi connectivity index (χ2v) is 4.16. The highest BCUT2D eigenvalue weighted by Gasteiger charge is 2.10. The number of ketones is 1. The number of rotatable bonds is 2. The number of carbonyl (C=O) groups excluding carboxylic acids is 1. The largest absolute Gasteiger partial charge is 0.289 e. The van der Waals surface area contributed by atoms with Crippen LogP contribution in [0.4, 0.5) is 4.39 Å². The highest BCUT2D eigenvalue weighted by molar-refractivity contribution is 6.09. The van der Waals surface area contributed by atoms with E-state index in [9.17, 15) is 9.18 Å². The van der Waals surface area contributed by atoms with Crippen LogP contribution in [-0.2, 0) is 0 Å². The smallest absolute Gasteiger partial charge is 0.193 e. The second kappa shape index (κ2) is 4.50. The van der Waals surface area contributed by atoms with Gasteiger partial charge in [0.1, 0.15) is 5.82 Å². The van der Waals surface area contributed by atoms with Gasteiger partial charge >= 0.3 is 0 Å². The molecule has 86 valence electrons. The van der Waals surface area contributed by atoms with Crippen molar-refractivity contribution < 1.29 is 9.18 Å². The average molecular weight is 228 g/mol. The van der Waals surface area contributed by atoms with E-state index in [1.54, 1.807) is 19.1 Å². The maximum absolute atomic E-state index is 13.1. The average Bonchev–Trinajstić information content (AvgIpc) is 2.32. The Morgan fingerprint density at radius 2 is 1.71 bits per heavy atom. The summed E-state index contributed by atoms with van der Waals surface area (Å²) >= 11 is 0. The van der Waals surface area contributed by atoms with Gasteiger partial charge in [-0.1, -0.05) is 23.8 Å². The Bertz CT molecular complexity index is 573. The van der Waals surface area contributed by atoms with Gasteiger partial charge in [0.15, 0.2) is 5.78 Å². The molecule has 0 saturated heterocycles. The van der Waals surface area contributed by atoms with Crippen molar-refractivity contribution in [2.24, 2.45) is 0 Å². The Hall–Kier alpha value is -1.96. The zero-order valence-corrected chi connectivity index (χ0v) is 9.83. The monoisotopic (exact) mass is 228 g/mol. The minimum absolute atomic E-state index is 0.0724. The molecule has 0 heterocycles. The first-order valence-electron chi connectivity index (χ1n) is 5.45. The van der Waals surface area contributed by atoms with Crippen LogP contribution >= 0.6 is 0 Å². The Morgan fingerprint density at radius 3 is 2.35 bits per heavy atom. The fourth-order valence-electron chi connectivity index (χ4n) is 1.74. The molecule has 17 heavy (non-hydrogen) atoms. The van der Waals surface area contributed by atoms with Gasteiger partial charge in [0, 0.05) is 11.1 Å². The van der Waals surface area contributed by atoms with E-state index in [2.05, 4.69) is 0 Å². The van der Waals surface area contributed by atoms with Gasteiger partial charge in [-0.25, -0.2) is 4.39 Å². The molecule has 0 N–H and O–H groups in total. The van der Waals surface area contributed by atoms with E-state index in [0.29, 0.717) is 16.7 Å². The number of carbonyl (C=O) groups is 1. The molecule has 0 saturated carbocycles. The van der Waals surface area contributed by atoms with Crippen molar-refractivity contribution in [3.8, 4) is 0 Å². The van der Waals surface area contributed by atoms with Crippen molar-refractivity contribution in [1.82, 2.24) is 0 Å². The quantitative estimate of drug-likeness (QED) is 0.717. The molecule has 2 aromatic rings. The summed E-state index contributed by atoms with van der Waals surface area (Å²) in [5, 5.41) is 0. The van der Waals surface area contributed by atoms with Gasteiger partial charge in [-0.05, 0) is 43.7 Å². The lowest BCUT2D eigenvalue weighted by Gasteiger charge is -2.04. The minimum Gasteiger partial charge on any atom is -0.289 e. The highest BCUT2D eigenvalue weighted by atomic mass is 19.1. The maximum atomic E-state index is 13.1. The van der Waals surface area contributed by atoms with Gasteiger partial charge in [-0.15, -0.1) is 0 Å².